The molecule has 1 fully saturated rings. The van der Waals surface area contributed by atoms with Gasteiger partial charge in [0.25, 0.3) is 0 Å². The highest BCUT2D eigenvalue weighted by Crippen LogP contribution is 2.34. The molecule has 1 N–H and O–H groups in total. The zero-order valence-corrected chi connectivity index (χ0v) is 17.2. The Bertz CT molecular complexity index is 895. The van der Waals surface area contributed by atoms with E-state index in [1.54, 1.807) is 0 Å². The molecule has 0 unspecified atom stereocenters. The van der Waals surface area contributed by atoms with Crippen LogP contribution in [-0.2, 0) is 11.8 Å². The summed E-state index contributed by atoms with van der Waals surface area (Å²) in [4.78, 5) is 15.7. The first-order valence-electron chi connectivity index (χ1n) is 10.4. The van der Waals surface area contributed by atoms with Gasteiger partial charge in [-0.25, -0.2) is 0 Å². The summed E-state index contributed by atoms with van der Waals surface area (Å²) in [6.07, 6.45) is 4.29. The molecule has 2 heterocycles. The zero-order chi connectivity index (χ0) is 20.2. The largest absolute Gasteiger partial charge is 0.353 e. The van der Waals surface area contributed by atoms with E-state index in [2.05, 4.69) is 64.4 Å². The number of aryl methyl sites for hydroxylation is 1. The van der Waals surface area contributed by atoms with E-state index in [4.69, 9.17) is 0 Å². The lowest BCUT2D eigenvalue weighted by Crippen LogP contribution is -2.46. The average Bonchev–Trinajstić information content (AvgIpc) is 3.41. The Morgan fingerprint density at radius 1 is 0.966 bits per heavy atom. The fourth-order valence-electron chi connectivity index (χ4n) is 4.45. The van der Waals surface area contributed by atoms with Crippen LogP contribution in [0.3, 0.4) is 0 Å². The summed E-state index contributed by atoms with van der Waals surface area (Å²) in [6.45, 7) is 2.98. The predicted molar refractivity (Wildman–Crippen MR) is 116 cm³/mol. The Kier molecular flexibility index (Phi) is 5.81. The molecule has 1 amide bonds. The number of nitrogens with one attached hydrogen (secondary N) is 1. The highest BCUT2D eigenvalue weighted by molar-refractivity contribution is 5.82. The summed E-state index contributed by atoms with van der Waals surface area (Å²) >= 11 is 0. The number of carbonyl (C=O) groups excluding carboxylic acids is 1. The number of likely N-dealkylation sites (tertiary alicyclic amines) is 1. The van der Waals surface area contributed by atoms with E-state index in [9.17, 15) is 4.79 Å². The van der Waals surface area contributed by atoms with Crippen LogP contribution in [0.4, 0.5) is 0 Å². The Morgan fingerprint density at radius 3 is 2.14 bits per heavy atom. The molecule has 0 aliphatic carbocycles. The lowest BCUT2D eigenvalue weighted by molar-refractivity contribution is -0.126. The summed E-state index contributed by atoms with van der Waals surface area (Å²) in [5.41, 5.74) is 3.48. The summed E-state index contributed by atoms with van der Waals surface area (Å²) < 4.78 is 2.17. The van der Waals surface area contributed by atoms with Crippen molar-refractivity contribution in [2.45, 2.75) is 37.9 Å². The SMILES string of the molecule is C[C@H](C(=O)NC(c1ccccc1)c1ccccc1)N1CCC[C@@H]1c1cccn1C. The maximum Gasteiger partial charge on any atom is 0.237 e. The molecule has 4 rings (SSSR count). The number of aromatic nitrogens is 1. The minimum Gasteiger partial charge on any atom is -0.353 e. The van der Waals surface area contributed by atoms with Crippen LogP contribution in [0, 0.1) is 0 Å². The van der Waals surface area contributed by atoms with Gasteiger partial charge in [0.15, 0.2) is 0 Å². The molecule has 0 spiro atoms. The van der Waals surface area contributed by atoms with Gasteiger partial charge < -0.3 is 9.88 Å². The Labute approximate surface area is 173 Å². The second-order valence-corrected chi connectivity index (χ2v) is 7.88. The first-order chi connectivity index (χ1) is 14.1. The van der Waals surface area contributed by atoms with Crippen LogP contribution in [0.5, 0.6) is 0 Å². The molecule has 1 aliphatic heterocycles. The fourth-order valence-corrected chi connectivity index (χ4v) is 4.45. The van der Waals surface area contributed by atoms with Crippen molar-refractivity contribution in [3.8, 4) is 0 Å². The summed E-state index contributed by atoms with van der Waals surface area (Å²) in [7, 11) is 2.08. The van der Waals surface area contributed by atoms with Crippen molar-refractivity contribution in [1.29, 1.82) is 0 Å². The van der Waals surface area contributed by atoms with Crippen LogP contribution >= 0.6 is 0 Å². The first kappa shape index (κ1) is 19.5. The normalized spacial score (nSPS) is 18.1. The van der Waals surface area contributed by atoms with E-state index in [1.807, 2.05) is 43.3 Å². The van der Waals surface area contributed by atoms with Gasteiger partial charge in [0.05, 0.1) is 18.1 Å². The van der Waals surface area contributed by atoms with Crippen molar-refractivity contribution in [3.05, 3.63) is 95.8 Å². The lowest BCUT2D eigenvalue weighted by atomic mass is 9.98. The fraction of sp³-hybridized carbons (Fsp3) is 0.320. The topological polar surface area (TPSA) is 37.3 Å². The molecule has 3 aromatic rings. The predicted octanol–water partition coefficient (Wildman–Crippen LogP) is 4.46. The Balaban J connectivity index is 1.55. The minimum atomic E-state index is -0.188. The van der Waals surface area contributed by atoms with Crippen molar-refractivity contribution in [3.63, 3.8) is 0 Å². The molecule has 0 radical (unpaired) electrons. The number of hydrogen-bond donors (Lipinski definition) is 1. The molecular weight excluding hydrogens is 358 g/mol. The average molecular weight is 388 g/mol. The van der Waals surface area contributed by atoms with Crippen LogP contribution < -0.4 is 5.32 Å². The second kappa shape index (κ2) is 8.66. The smallest absolute Gasteiger partial charge is 0.237 e. The molecule has 1 aromatic heterocycles. The monoisotopic (exact) mass is 387 g/mol. The summed E-state index contributed by atoms with van der Waals surface area (Å²) in [5.74, 6) is 0.0730. The molecule has 1 saturated heterocycles. The summed E-state index contributed by atoms with van der Waals surface area (Å²) in [6, 6.07) is 24.6. The maximum atomic E-state index is 13.3. The lowest BCUT2D eigenvalue weighted by Gasteiger charge is -2.31. The van der Waals surface area contributed by atoms with Crippen LogP contribution in [-0.4, -0.2) is 28.0 Å². The van der Waals surface area contributed by atoms with Crippen LogP contribution in [0.2, 0.25) is 0 Å². The van der Waals surface area contributed by atoms with Crippen molar-refractivity contribution in [2.75, 3.05) is 6.54 Å². The van der Waals surface area contributed by atoms with Crippen molar-refractivity contribution >= 4 is 5.91 Å². The van der Waals surface area contributed by atoms with Gasteiger partial charge in [-0.1, -0.05) is 60.7 Å². The molecule has 29 heavy (non-hydrogen) atoms. The third-order valence-electron chi connectivity index (χ3n) is 6.05. The molecule has 4 nitrogen and oxygen atoms in total. The van der Waals surface area contributed by atoms with E-state index in [-0.39, 0.29) is 18.0 Å². The minimum absolute atomic E-state index is 0.0730. The zero-order valence-electron chi connectivity index (χ0n) is 17.2. The van der Waals surface area contributed by atoms with Gasteiger partial charge in [-0.2, -0.15) is 0 Å². The maximum absolute atomic E-state index is 13.3. The quantitative estimate of drug-likeness (QED) is 0.678. The number of carbonyl (C=O) groups is 1. The highest BCUT2D eigenvalue weighted by atomic mass is 16.2. The van der Waals surface area contributed by atoms with E-state index >= 15 is 0 Å². The molecule has 0 saturated carbocycles. The van der Waals surface area contributed by atoms with Gasteiger partial charge in [0.2, 0.25) is 5.91 Å². The second-order valence-electron chi connectivity index (χ2n) is 7.88. The number of nitrogens with zero attached hydrogens (tertiary/aromatic N) is 2. The number of rotatable bonds is 6. The van der Waals surface area contributed by atoms with E-state index in [0.717, 1.165) is 30.5 Å². The third kappa shape index (κ3) is 4.13. The number of amides is 1. The molecule has 150 valence electrons. The first-order valence-corrected chi connectivity index (χ1v) is 10.4. The van der Waals surface area contributed by atoms with Crippen molar-refractivity contribution in [2.24, 2.45) is 7.05 Å². The molecule has 4 heteroatoms. The van der Waals surface area contributed by atoms with Crippen molar-refractivity contribution < 1.29 is 4.79 Å². The molecule has 1 aliphatic rings. The van der Waals surface area contributed by atoms with Crippen LogP contribution in [0.15, 0.2) is 79.0 Å². The van der Waals surface area contributed by atoms with E-state index in [1.165, 1.54) is 5.69 Å². The Hall–Kier alpha value is -2.85. The molecule has 2 aromatic carbocycles. The van der Waals surface area contributed by atoms with Crippen molar-refractivity contribution in [1.82, 2.24) is 14.8 Å². The number of benzene rings is 2. The van der Waals surface area contributed by atoms with E-state index in [0.29, 0.717) is 6.04 Å². The van der Waals surface area contributed by atoms with Crippen LogP contribution in [0.1, 0.15) is 48.7 Å². The molecule has 0 bridgehead atoms. The molecular formula is C25H29N3O. The van der Waals surface area contributed by atoms with Gasteiger partial charge in [-0.15, -0.1) is 0 Å². The Morgan fingerprint density at radius 2 is 1.59 bits per heavy atom. The van der Waals surface area contributed by atoms with Gasteiger partial charge in [0, 0.05) is 18.9 Å². The molecule has 2 atom stereocenters. The van der Waals surface area contributed by atoms with E-state index < -0.39 is 0 Å². The summed E-state index contributed by atoms with van der Waals surface area (Å²) in [5, 5.41) is 3.32. The third-order valence-corrected chi connectivity index (χ3v) is 6.05. The van der Waals surface area contributed by atoms with Gasteiger partial charge >= 0.3 is 0 Å². The van der Waals surface area contributed by atoms with Gasteiger partial charge in [-0.3, -0.25) is 9.69 Å². The number of hydrogen-bond acceptors (Lipinski definition) is 2. The van der Waals surface area contributed by atoms with Crippen LogP contribution in [0.25, 0.3) is 0 Å². The standard InChI is InChI=1S/C25H29N3O/c1-19(28-18-10-16-23(28)22-15-9-17-27(22)2)25(29)26-24(20-11-5-3-6-12-20)21-13-7-4-8-14-21/h3-9,11-15,17,19,23-24H,10,16,18H2,1-2H3,(H,26,29)/t19-,23-/m1/s1. The van der Waals surface area contributed by atoms with Gasteiger partial charge in [-0.05, 0) is 49.6 Å². The highest BCUT2D eigenvalue weighted by Gasteiger charge is 2.34. The van der Waals surface area contributed by atoms with Gasteiger partial charge in [0.1, 0.15) is 0 Å².